The molecule has 1 amide bonds. The van der Waals surface area contributed by atoms with E-state index in [4.69, 9.17) is 16.9 Å². The molecule has 0 atom stereocenters. The first-order valence-electron chi connectivity index (χ1n) is 5.70. The van der Waals surface area contributed by atoms with E-state index in [9.17, 15) is 4.79 Å². The summed E-state index contributed by atoms with van der Waals surface area (Å²) >= 11 is 5.97. The molecule has 0 spiro atoms. The molecule has 1 heterocycles. The normalized spacial score (nSPS) is 9.67. The van der Waals surface area contributed by atoms with Gasteiger partial charge in [0.05, 0.1) is 12.1 Å². The number of carbonyl (C=O) groups excluding carboxylic acids is 1. The Bertz CT molecular complexity index is 466. The Hall–Kier alpha value is -1.80. The van der Waals surface area contributed by atoms with Crippen molar-refractivity contribution < 1.29 is 4.79 Å². The third-order valence-electron chi connectivity index (χ3n) is 2.53. The molecule has 0 saturated carbocycles. The molecule has 1 aromatic heterocycles. The van der Waals surface area contributed by atoms with Crippen molar-refractivity contribution in [3.8, 4) is 6.07 Å². The molecule has 0 aliphatic heterocycles. The summed E-state index contributed by atoms with van der Waals surface area (Å²) < 4.78 is 0. The lowest BCUT2D eigenvalue weighted by Crippen LogP contribution is -2.35. The highest BCUT2D eigenvalue weighted by molar-refractivity contribution is 6.34. The van der Waals surface area contributed by atoms with Crippen LogP contribution < -0.4 is 5.32 Å². The van der Waals surface area contributed by atoms with Crippen molar-refractivity contribution in [2.24, 2.45) is 0 Å². The van der Waals surface area contributed by atoms with E-state index >= 15 is 0 Å². The molecule has 96 valence electrons. The third kappa shape index (κ3) is 3.34. The van der Waals surface area contributed by atoms with Crippen molar-refractivity contribution in [1.82, 2.24) is 9.88 Å². The molecule has 6 heteroatoms. The van der Waals surface area contributed by atoms with Crippen LogP contribution >= 0.6 is 11.6 Å². The van der Waals surface area contributed by atoms with Crippen LogP contribution in [0.5, 0.6) is 0 Å². The Morgan fingerprint density at radius 1 is 1.56 bits per heavy atom. The first-order valence-corrected chi connectivity index (χ1v) is 6.08. The molecule has 0 bridgehead atoms. The average Bonchev–Trinajstić information content (AvgIpc) is 2.39. The van der Waals surface area contributed by atoms with Crippen molar-refractivity contribution in [3.63, 3.8) is 0 Å². The lowest BCUT2D eigenvalue weighted by Gasteiger charge is -2.19. The predicted molar refractivity (Wildman–Crippen MR) is 70.4 cm³/mol. The number of halogens is 1. The fraction of sp³-hybridized carbons (Fsp3) is 0.417. The highest BCUT2D eigenvalue weighted by atomic mass is 35.5. The summed E-state index contributed by atoms with van der Waals surface area (Å²) in [5.74, 6) is 0.330. The van der Waals surface area contributed by atoms with Crippen LogP contribution in [0.25, 0.3) is 0 Å². The molecule has 1 N–H and O–H groups in total. The third-order valence-corrected chi connectivity index (χ3v) is 2.92. The quantitative estimate of drug-likeness (QED) is 0.884. The van der Waals surface area contributed by atoms with Crippen molar-refractivity contribution in [1.29, 1.82) is 5.26 Å². The molecule has 5 nitrogen and oxygen atoms in total. The van der Waals surface area contributed by atoms with Crippen molar-refractivity contribution in [2.45, 2.75) is 13.8 Å². The van der Waals surface area contributed by atoms with E-state index in [2.05, 4.69) is 10.3 Å². The minimum Gasteiger partial charge on any atom is -0.360 e. The van der Waals surface area contributed by atoms with E-state index in [1.807, 2.05) is 19.9 Å². The zero-order chi connectivity index (χ0) is 13.5. The van der Waals surface area contributed by atoms with Crippen LogP contribution in [0.4, 0.5) is 5.82 Å². The van der Waals surface area contributed by atoms with Gasteiger partial charge in [-0.15, -0.1) is 0 Å². The van der Waals surface area contributed by atoms with Gasteiger partial charge in [0.25, 0.3) is 0 Å². The van der Waals surface area contributed by atoms with Gasteiger partial charge in [0, 0.05) is 19.3 Å². The average molecular weight is 267 g/mol. The van der Waals surface area contributed by atoms with Gasteiger partial charge in [-0.2, -0.15) is 5.26 Å². The van der Waals surface area contributed by atoms with Crippen LogP contribution in [-0.2, 0) is 4.79 Å². The molecule has 0 radical (unpaired) electrons. The van der Waals surface area contributed by atoms with E-state index in [1.54, 1.807) is 4.90 Å². The molecule has 1 rings (SSSR count). The lowest BCUT2D eigenvalue weighted by molar-refractivity contribution is -0.128. The van der Waals surface area contributed by atoms with Crippen LogP contribution in [0, 0.1) is 11.3 Å². The summed E-state index contributed by atoms with van der Waals surface area (Å²) in [5, 5.41) is 11.9. The number of nitriles is 1. The van der Waals surface area contributed by atoms with Crippen molar-refractivity contribution in [3.05, 3.63) is 22.8 Å². The second-order valence-corrected chi connectivity index (χ2v) is 3.93. The Balaban J connectivity index is 2.70. The van der Waals surface area contributed by atoms with E-state index < -0.39 is 0 Å². The molecule has 1 aromatic rings. The second kappa shape index (κ2) is 6.82. The summed E-state index contributed by atoms with van der Waals surface area (Å²) in [6.07, 6.45) is 1.48. The number of pyridine rings is 1. The van der Waals surface area contributed by atoms with Crippen molar-refractivity contribution in [2.75, 3.05) is 25.0 Å². The highest BCUT2D eigenvalue weighted by Crippen LogP contribution is 2.22. The summed E-state index contributed by atoms with van der Waals surface area (Å²) in [4.78, 5) is 17.5. The number of anilines is 1. The second-order valence-electron chi connectivity index (χ2n) is 3.55. The van der Waals surface area contributed by atoms with Gasteiger partial charge in [-0.1, -0.05) is 11.6 Å². The maximum Gasteiger partial charge on any atom is 0.241 e. The number of rotatable bonds is 5. The molecule has 0 aliphatic rings. The minimum atomic E-state index is -0.0276. The smallest absolute Gasteiger partial charge is 0.241 e. The Morgan fingerprint density at radius 2 is 2.22 bits per heavy atom. The van der Waals surface area contributed by atoms with E-state index in [0.29, 0.717) is 24.5 Å². The number of aromatic nitrogens is 1. The molecular weight excluding hydrogens is 252 g/mol. The first-order chi connectivity index (χ1) is 8.63. The molecule has 0 unspecified atom stereocenters. The molecule has 0 aromatic carbocycles. The first kappa shape index (κ1) is 14.3. The van der Waals surface area contributed by atoms with Crippen LogP contribution in [0.15, 0.2) is 12.3 Å². The number of hydrogen-bond donors (Lipinski definition) is 1. The van der Waals surface area contributed by atoms with Gasteiger partial charge >= 0.3 is 0 Å². The van der Waals surface area contributed by atoms with Gasteiger partial charge in [0.15, 0.2) is 0 Å². The van der Waals surface area contributed by atoms with Crippen molar-refractivity contribution >= 4 is 23.3 Å². The summed E-state index contributed by atoms with van der Waals surface area (Å²) in [7, 11) is 0. The Kier molecular flexibility index (Phi) is 5.40. The number of likely N-dealkylation sites (N-methyl/N-ethyl adjacent to an activating group) is 1. The number of hydrogen-bond acceptors (Lipinski definition) is 4. The zero-order valence-corrected chi connectivity index (χ0v) is 11.2. The van der Waals surface area contributed by atoms with E-state index in [0.717, 1.165) is 0 Å². The van der Waals surface area contributed by atoms with Gasteiger partial charge in [0.2, 0.25) is 5.91 Å². The molecular formula is C12H15ClN4O. The number of nitrogens with zero attached hydrogens (tertiary/aromatic N) is 3. The number of carbonyl (C=O) groups is 1. The summed E-state index contributed by atoms with van der Waals surface area (Å²) in [6.45, 7) is 5.28. The molecule has 18 heavy (non-hydrogen) atoms. The lowest BCUT2D eigenvalue weighted by atomic mass is 10.3. The fourth-order valence-corrected chi connectivity index (χ4v) is 1.72. The molecule has 0 fully saturated rings. The predicted octanol–water partition coefficient (Wildman–Crippen LogP) is 1.89. The highest BCUT2D eigenvalue weighted by Gasteiger charge is 2.11. The maximum absolute atomic E-state index is 11.8. The number of amides is 1. The van der Waals surface area contributed by atoms with E-state index in [-0.39, 0.29) is 17.5 Å². The van der Waals surface area contributed by atoms with Crippen LogP contribution in [0.3, 0.4) is 0 Å². The largest absolute Gasteiger partial charge is 0.360 e. The van der Waals surface area contributed by atoms with Crippen LogP contribution in [0.2, 0.25) is 5.02 Å². The van der Waals surface area contributed by atoms with Gasteiger partial charge < -0.3 is 10.2 Å². The van der Waals surface area contributed by atoms with Gasteiger partial charge in [-0.05, 0) is 19.9 Å². The Morgan fingerprint density at radius 3 is 2.78 bits per heavy atom. The monoisotopic (exact) mass is 266 g/mol. The van der Waals surface area contributed by atoms with Crippen LogP contribution in [0.1, 0.15) is 19.4 Å². The molecule has 0 saturated heterocycles. The van der Waals surface area contributed by atoms with Crippen LogP contribution in [-0.4, -0.2) is 35.4 Å². The maximum atomic E-state index is 11.8. The topological polar surface area (TPSA) is 69.0 Å². The van der Waals surface area contributed by atoms with E-state index in [1.165, 1.54) is 12.3 Å². The minimum absolute atomic E-state index is 0.0276. The number of nitrogens with one attached hydrogen (secondary N) is 1. The standard InChI is InChI=1S/C12H15ClN4O/c1-3-17(4-2)10(18)8-16-12-11(13)9(7-14)5-6-15-12/h5-6H,3-4,8H2,1-2H3,(H,15,16). The van der Waals surface area contributed by atoms with Gasteiger partial charge in [-0.3, -0.25) is 4.79 Å². The SMILES string of the molecule is CCN(CC)C(=O)CNc1nccc(C#N)c1Cl. The fourth-order valence-electron chi connectivity index (χ4n) is 1.50. The summed E-state index contributed by atoms with van der Waals surface area (Å²) in [5.41, 5.74) is 0.337. The Labute approximate surface area is 111 Å². The van der Waals surface area contributed by atoms with Gasteiger partial charge in [-0.25, -0.2) is 4.98 Å². The summed E-state index contributed by atoms with van der Waals surface area (Å²) in [6, 6.07) is 3.49. The zero-order valence-electron chi connectivity index (χ0n) is 10.4. The van der Waals surface area contributed by atoms with Gasteiger partial charge in [0.1, 0.15) is 16.9 Å². The molecule has 0 aliphatic carbocycles.